The highest BCUT2D eigenvalue weighted by Gasteiger charge is 2.16. The van der Waals surface area contributed by atoms with Crippen molar-refractivity contribution in [2.24, 2.45) is 0 Å². The maximum atomic E-state index is 12.0. The first-order chi connectivity index (χ1) is 14.3. The molecule has 1 rings (SSSR count). The first-order valence-electron chi connectivity index (χ1n) is 10.7. The Balaban J connectivity index is 2.18. The summed E-state index contributed by atoms with van der Waals surface area (Å²) in [6.45, 7) is 3.71. The van der Waals surface area contributed by atoms with Crippen molar-refractivity contribution in [2.75, 3.05) is 32.6 Å². The van der Waals surface area contributed by atoms with Crippen LogP contribution in [0.1, 0.15) is 57.4 Å². The molecule has 1 atom stereocenters. The van der Waals surface area contributed by atoms with Crippen molar-refractivity contribution in [1.82, 2.24) is 4.31 Å². The Bertz CT molecular complexity index is 680. The summed E-state index contributed by atoms with van der Waals surface area (Å²) in [5.74, 6) is -0.179. The van der Waals surface area contributed by atoms with Gasteiger partial charge in [0, 0.05) is 19.5 Å². The first kappa shape index (κ1) is 26.6. The lowest BCUT2D eigenvalue weighted by atomic mass is 10.1. The molecule has 172 valence electrons. The van der Waals surface area contributed by atoms with Gasteiger partial charge in [0.2, 0.25) is 10.0 Å². The van der Waals surface area contributed by atoms with E-state index in [4.69, 9.17) is 9.47 Å². The third kappa shape index (κ3) is 13.0. The smallest absolute Gasteiger partial charge is 0.305 e. The van der Waals surface area contributed by atoms with Crippen LogP contribution in [0.3, 0.4) is 0 Å². The van der Waals surface area contributed by atoms with Gasteiger partial charge >= 0.3 is 5.97 Å². The van der Waals surface area contributed by atoms with Crippen LogP contribution in [-0.4, -0.2) is 62.5 Å². The predicted octanol–water partition coefficient (Wildman–Crippen LogP) is 3.12. The Hall–Kier alpha value is -1.48. The van der Waals surface area contributed by atoms with Gasteiger partial charge in [-0.1, -0.05) is 43.2 Å². The van der Waals surface area contributed by atoms with E-state index < -0.39 is 16.1 Å². The van der Waals surface area contributed by atoms with E-state index in [-0.39, 0.29) is 12.6 Å². The maximum Gasteiger partial charge on any atom is 0.305 e. The molecule has 1 N–H and O–H groups in total. The van der Waals surface area contributed by atoms with Crippen LogP contribution < -0.4 is 0 Å². The van der Waals surface area contributed by atoms with Crippen molar-refractivity contribution in [3.63, 3.8) is 0 Å². The van der Waals surface area contributed by atoms with Gasteiger partial charge < -0.3 is 14.6 Å². The second-order valence-corrected chi connectivity index (χ2v) is 9.41. The van der Waals surface area contributed by atoms with Crippen molar-refractivity contribution >= 4 is 16.0 Å². The van der Waals surface area contributed by atoms with Gasteiger partial charge in [-0.15, -0.1) is 0 Å². The van der Waals surface area contributed by atoms with Crippen molar-refractivity contribution < 1.29 is 27.8 Å². The van der Waals surface area contributed by atoms with Gasteiger partial charge in [0.05, 0.1) is 32.2 Å². The van der Waals surface area contributed by atoms with Crippen LogP contribution in [0.25, 0.3) is 0 Å². The van der Waals surface area contributed by atoms with E-state index >= 15 is 0 Å². The fourth-order valence-electron chi connectivity index (χ4n) is 3.06. The number of hydrogen-bond donors (Lipinski definition) is 1. The average Bonchev–Trinajstić information content (AvgIpc) is 2.69. The van der Waals surface area contributed by atoms with E-state index in [9.17, 15) is 18.3 Å². The van der Waals surface area contributed by atoms with E-state index in [1.165, 1.54) is 10.6 Å². The number of ether oxygens (including phenoxy) is 2. The lowest BCUT2D eigenvalue weighted by Gasteiger charge is -2.20. The summed E-state index contributed by atoms with van der Waals surface area (Å²) in [6.07, 6.45) is 5.31. The molecule has 0 aromatic heterocycles. The van der Waals surface area contributed by atoms with Crippen LogP contribution >= 0.6 is 0 Å². The molecule has 0 saturated heterocycles. The Morgan fingerprint density at radius 2 is 1.73 bits per heavy atom. The molecule has 1 aromatic carbocycles. The summed E-state index contributed by atoms with van der Waals surface area (Å²) < 4.78 is 35.9. The van der Waals surface area contributed by atoms with Crippen LogP contribution in [0.4, 0.5) is 0 Å². The number of benzene rings is 1. The number of carbonyl (C=O) groups is 1. The van der Waals surface area contributed by atoms with Crippen LogP contribution in [0.2, 0.25) is 0 Å². The summed E-state index contributed by atoms with van der Waals surface area (Å²) in [6, 6.07) is 9.75. The molecule has 0 aliphatic heterocycles. The van der Waals surface area contributed by atoms with Crippen LogP contribution in [0, 0.1) is 0 Å². The number of carbonyl (C=O) groups excluding carboxylic acids is 1. The Morgan fingerprint density at radius 3 is 2.40 bits per heavy atom. The number of hydrogen-bond acceptors (Lipinski definition) is 6. The number of rotatable bonds is 17. The van der Waals surface area contributed by atoms with E-state index in [0.29, 0.717) is 45.6 Å². The topological polar surface area (TPSA) is 93.1 Å². The molecule has 0 aliphatic carbocycles. The van der Waals surface area contributed by atoms with Gasteiger partial charge in [-0.25, -0.2) is 12.7 Å². The fraction of sp³-hybridized carbons (Fsp3) is 0.682. The highest BCUT2D eigenvalue weighted by Crippen LogP contribution is 2.10. The SMILES string of the molecule is CCOC(=O)CCCCCCN(CCCC(O)COCc1ccccc1)S(C)(=O)=O. The van der Waals surface area contributed by atoms with E-state index in [1.54, 1.807) is 6.92 Å². The monoisotopic (exact) mass is 443 g/mol. The third-order valence-corrected chi connectivity index (χ3v) is 5.98. The molecule has 0 amide bonds. The molecule has 30 heavy (non-hydrogen) atoms. The van der Waals surface area contributed by atoms with E-state index in [2.05, 4.69) is 0 Å². The number of sulfonamides is 1. The normalized spacial score (nSPS) is 12.8. The Labute approximate surface area is 181 Å². The van der Waals surface area contributed by atoms with Gasteiger partial charge in [0.25, 0.3) is 0 Å². The van der Waals surface area contributed by atoms with E-state index in [0.717, 1.165) is 31.2 Å². The minimum absolute atomic E-state index is 0.179. The fourth-order valence-corrected chi connectivity index (χ4v) is 3.98. The number of aliphatic hydroxyl groups excluding tert-OH is 1. The van der Waals surface area contributed by atoms with Crippen molar-refractivity contribution in [3.8, 4) is 0 Å². The van der Waals surface area contributed by atoms with Crippen molar-refractivity contribution in [3.05, 3.63) is 35.9 Å². The largest absolute Gasteiger partial charge is 0.466 e. The van der Waals surface area contributed by atoms with Crippen LogP contribution in [-0.2, 0) is 30.9 Å². The lowest BCUT2D eigenvalue weighted by molar-refractivity contribution is -0.143. The first-order valence-corrected chi connectivity index (χ1v) is 12.6. The molecule has 0 fully saturated rings. The summed E-state index contributed by atoms with van der Waals surface area (Å²) in [4.78, 5) is 11.3. The van der Waals surface area contributed by atoms with Gasteiger partial charge in [0.1, 0.15) is 0 Å². The summed E-state index contributed by atoms with van der Waals surface area (Å²) >= 11 is 0. The van der Waals surface area contributed by atoms with Crippen molar-refractivity contribution in [1.29, 1.82) is 0 Å². The summed E-state index contributed by atoms with van der Waals surface area (Å²) in [7, 11) is -3.28. The zero-order valence-corrected chi connectivity index (χ0v) is 19.1. The molecule has 0 heterocycles. The summed E-state index contributed by atoms with van der Waals surface area (Å²) in [5.41, 5.74) is 1.05. The molecule has 0 spiro atoms. The maximum absolute atomic E-state index is 12.0. The molecule has 0 radical (unpaired) electrons. The Kier molecular flexibility index (Phi) is 13.6. The van der Waals surface area contributed by atoms with Crippen LogP contribution in [0.15, 0.2) is 30.3 Å². The molecule has 0 bridgehead atoms. The highest BCUT2D eigenvalue weighted by atomic mass is 32.2. The van der Waals surface area contributed by atoms with Gasteiger partial charge in [-0.05, 0) is 38.2 Å². The minimum Gasteiger partial charge on any atom is -0.466 e. The number of esters is 1. The molecule has 1 unspecified atom stereocenters. The van der Waals surface area contributed by atoms with Gasteiger partial charge in [-0.3, -0.25) is 4.79 Å². The molecule has 1 aromatic rings. The zero-order chi connectivity index (χ0) is 22.2. The Morgan fingerprint density at radius 1 is 1.07 bits per heavy atom. The number of aliphatic hydroxyl groups is 1. The second-order valence-electron chi connectivity index (χ2n) is 7.43. The van der Waals surface area contributed by atoms with Crippen LogP contribution in [0.5, 0.6) is 0 Å². The molecular weight excluding hydrogens is 406 g/mol. The molecule has 8 heteroatoms. The average molecular weight is 444 g/mol. The van der Waals surface area contributed by atoms with Crippen molar-refractivity contribution in [2.45, 2.75) is 64.6 Å². The lowest BCUT2D eigenvalue weighted by Crippen LogP contribution is -2.32. The van der Waals surface area contributed by atoms with Gasteiger partial charge in [-0.2, -0.15) is 0 Å². The number of nitrogens with zero attached hydrogens (tertiary/aromatic N) is 1. The summed E-state index contributed by atoms with van der Waals surface area (Å²) in [5, 5.41) is 10.1. The predicted molar refractivity (Wildman–Crippen MR) is 117 cm³/mol. The van der Waals surface area contributed by atoms with E-state index in [1.807, 2.05) is 30.3 Å². The molecule has 0 saturated carbocycles. The second kappa shape index (κ2) is 15.3. The molecule has 7 nitrogen and oxygen atoms in total. The molecular formula is C22H37NO6S. The zero-order valence-electron chi connectivity index (χ0n) is 18.3. The molecule has 0 aliphatic rings. The quantitative estimate of drug-likeness (QED) is 0.294. The highest BCUT2D eigenvalue weighted by molar-refractivity contribution is 7.88. The minimum atomic E-state index is -3.28. The third-order valence-electron chi connectivity index (χ3n) is 4.68. The standard InChI is InChI=1S/C22H37NO6S/c1-3-29-22(25)15-9-4-5-10-16-23(30(2,26)27)17-11-14-21(24)19-28-18-20-12-7-6-8-13-20/h6-8,12-13,21,24H,3-5,9-11,14-19H2,1-2H3. The van der Waals surface area contributed by atoms with Gasteiger partial charge in [0.15, 0.2) is 0 Å². The number of unbranched alkanes of at least 4 members (excludes halogenated alkanes) is 3.